The van der Waals surface area contributed by atoms with Gasteiger partial charge < -0.3 is 9.52 Å². The van der Waals surface area contributed by atoms with Crippen LogP contribution in [-0.4, -0.2) is 16.7 Å². The molecule has 1 aromatic carbocycles. The number of aryl methyl sites for hydroxylation is 1. The lowest BCUT2D eigenvalue weighted by Gasteiger charge is -1.99. The molecule has 0 aliphatic rings. The van der Waals surface area contributed by atoms with Crippen molar-refractivity contribution in [3.63, 3.8) is 0 Å². The Morgan fingerprint density at radius 1 is 1.33 bits per heavy atom. The summed E-state index contributed by atoms with van der Waals surface area (Å²) < 4.78 is 5.52. The second-order valence-corrected chi connectivity index (χ2v) is 3.41. The minimum absolute atomic E-state index is 0.0632. The molecule has 0 fully saturated rings. The van der Waals surface area contributed by atoms with Crippen molar-refractivity contribution in [2.24, 2.45) is 0 Å². The van der Waals surface area contributed by atoms with E-state index in [0.717, 1.165) is 16.9 Å². The fourth-order valence-electron chi connectivity index (χ4n) is 1.50. The van der Waals surface area contributed by atoms with Gasteiger partial charge in [-0.15, -0.1) is 0 Å². The summed E-state index contributed by atoms with van der Waals surface area (Å²) in [5.41, 5.74) is 2.21. The summed E-state index contributed by atoms with van der Waals surface area (Å²) in [6, 6.07) is 7.99. The van der Waals surface area contributed by atoms with Crippen LogP contribution >= 0.6 is 0 Å². The first kappa shape index (κ1) is 9.93. The summed E-state index contributed by atoms with van der Waals surface area (Å²) in [5, 5.41) is 8.75. The molecular formula is C12H13NO2. The first-order valence-corrected chi connectivity index (χ1v) is 4.93. The van der Waals surface area contributed by atoms with Crippen molar-refractivity contribution in [2.45, 2.75) is 13.3 Å². The number of rotatable bonds is 3. The van der Waals surface area contributed by atoms with Crippen molar-refractivity contribution >= 4 is 0 Å². The Balaban J connectivity index is 2.33. The van der Waals surface area contributed by atoms with Gasteiger partial charge in [0.25, 0.3) is 0 Å². The molecule has 0 saturated heterocycles. The van der Waals surface area contributed by atoms with E-state index in [-0.39, 0.29) is 6.61 Å². The van der Waals surface area contributed by atoms with E-state index in [0.29, 0.717) is 12.3 Å². The van der Waals surface area contributed by atoms with Gasteiger partial charge in [-0.1, -0.05) is 24.3 Å². The molecule has 15 heavy (non-hydrogen) atoms. The standard InChI is InChI=1S/C12H13NO2/c1-9-4-2-3-5-10(9)11-8-13-12(15-11)6-7-14/h2-5,8,14H,6-7H2,1H3. The van der Waals surface area contributed by atoms with Gasteiger partial charge in [0, 0.05) is 12.0 Å². The molecule has 0 aliphatic heterocycles. The lowest BCUT2D eigenvalue weighted by atomic mass is 10.1. The zero-order valence-electron chi connectivity index (χ0n) is 8.60. The van der Waals surface area contributed by atoms with Gasteiger partial charge in [0.2, 0.25) is 0 Å². The van der Waals surface area contributed by atoms with Crippen molar-refractivity contribution in [1.29, 1.82) is 0 Å². The van der Waals surface area contributed by atoms with Crippen LogP contribution in [0.15, 0.2) is 34.9 Å². The van der Waals surface area contributed by atoms with Crippen molar-refractivity contribution < 1.29 is 9.52 Å². The molecule has 78 valence electrons. The van der Waals surface area contributed by atoms with Crippen molar-refractivity contribution in [1.82, 2.24) is 4.98 Å². The fraction of sp³-hybridized carbons (Fsp3) is 0.250. The molecule has 2 aromatic rings. The third-order valence-electron chi connectivity index (χ3n) is 2.29. The lowest BCUT2D eigenvalue weighted by molar-refractivity contribution is 0.285. The largest absolute Gasteiger partial charge is 0.441 e. The smallest absolute Gasteiger partial charge is 0.197 e. The molecule has 1 heterocycles. The van der Waals surface area contributed by atoms with Crippen molar-refractivity contribution in [3.05, 3.63) is 41.9 Å². The summed E-state index contributed by atoms with van der Waals surface area (Å²) in [4.78, 5) is 4.10. The third-order valence-corrected chi connectivity index (χ3v) is 2.29. The highest BCUT2D eigenvalue weighted by Crippen LogP contribution is 2.23. The SMILES string of the molecule is Cc1ccccc1-c1cnc(CCO)o1. The first-order chi connectivity index (χ1) is 7.31. The maximum Gasteiger partial charge on any atom is 0.197 e. The van der Waals surface area contributed by atoms with Crippen LogP contribution in [0.3, 0.4) is 0 Å². The monoisotopic (exact) mass is 203 g/mol. The highest BCUT2D eigenvalue weighted by Gasteiger charge is 2.07. The Bertz CT molecular complexity index is 448. The maximum absolute atomic E-state index is 8.75. The van der Waals surface area contributed by atoms with E-state index >= 15 is 0 Å². The van der Waals surface area contributed by atoms with Gasteiger partial charge in [-0.3, -0.25) is 0 Å². The summed E-state index contributed by atoms with van der Waals surface area (Å²) in [6.07, 6.45) is 2.17. The van der Waals surface area contributed by atoms with Gasteiger partial charge in [0.05, 0.1) is 12.8 Å². The third kappa shape index (κ3) is 2.07. The van der Waals surface area contributed by atoms with E-state index in [9.17, 15) is 0 Å². The van der Waals surface area contributed by atoms with Crippen LogP contribution in [0.4, 0.5) is 0 Å². The molecule has 0 radical (unpaired) electrons. The predicted octanol–water partition coefficient (Wildman–Crippen LogP) is 2.18. The highest BCUT2D eigenvalue weighted by atomic mass is 16.4. The van der Waals surface area contributed by atoms with E-state index in [2.05, 4.69) is 4.98 Å². The maximum atomic E-state index is 8.75. The quantitative estimate of drug-likeness (QED) is 0.831. The van der Waals surface area contributed by atoms with Crippen LogP contribution in [-0.2, 0) is 6.42 Å². The predicted molar refractivity (Wildman–Crippen MR) is 57.5 cm³/mol. The molecule has 1 N–H and O–H groups in total. The van der Waals surface area contributed by atoms with E-state index in [1.54, 1.807) is 6.20 Å². The Labute approximate surface area is 88.4 Å². The number of oxazole rings is 1. The van der Waals surface area contributed by atoms with Crippen molar-refractivity contribution in [2.75, 3.05) is 6.61 Å². The average molecular weight is 203 g/mol. The number of hydrogen-bond donors (Lipinski definition) is 1. The number of hydrogen-bond acceptors (Lipinski definition) is 3. The van der Waals surface area contributed by atoms with Gasteiger partial charge in [0.15, 0.2) is 11.7 Å². The van der Waals surface area contributed by atoms with E-state index < -0.39 is 0 Å². The Morgan fingerprint density at radius 2 is 2.13 bits per heavy atom. The highest BCUT2D eigenvalue weighted by molar-refractivity contribution is 5.60. The molecular weight excluding hydrogens is 190 g/mol. The van der Waals surface area contributed by atoms with Crippen LogP contribution in [0.5, 0.6) is 0 Å². The minimum atomic E-state index is 0.0632. The normalized spacial score (nSPS) is 10.5. The molecule has 0 atom stereocenters. The summed E-state index contributed by atoms with van der Waals surface area (Å²) >= 11 is 0. The van der Waals surface area contributed by atoms with Crippen molar-refractivity contribution in [3.8, 4) is 11.3 Å². The summed E-state index contributed by atoms with van der Waals surface area (Å²) in [5.74, 6) is 1.34. The van der Waals surface area contributed by atoms with Gasteiger partial charge >= 0.3 is 0 Å². The number of aliphatic hydroxyl groups excluding tert-OH is 1. The number of benzene rings is 1. The van der Waals surface area contributed by atoms with E-state index in [1.807, 2.05) is 31.2 Å². The molecule has 3 heteroatoms. The molecule has 1 aromatic heterocycles. The molecule has 2 rings (SSSR count). The zero-order chi connectivity index (χ0) is 10.7. The molecule has 0 saturated carbocycles. The fourth-order valence-corrected chi connectivity index (χ4v) is 1.50. The first-order valence-electron chi connectivity index (χ1n) is 4.93. The van der Waals surface area contributed by atoms with E-state index in [4.69, 9.17) is 9.52 Å². The Hall–Kier alpha value is -1.61. The molecule has 0 spiro atoms. The van der Waals surface area contributed by atoms with Gasteiger partial charge in [0.1, 0.15) is 0 Å². The number of aliphatic hydroxyl groups is 1. The lowest BCUT2D eigenvalue weighted by Crippen LogP contribution is -1.88. The molecule has 0 bridgehead atoms. The number of nitrogens with zero attached hydrogens (tertiary/aromatic N) is 1. The average Bonchev–Trinajstić information content (AvgIpc) is 2.68. The number of aromatic nitrogens is 1. The molecule has 3 nitrogen and oxygen atoms in total. The topological polar surface area (TPSA) is 46.3 Å². The minimum Gasteiger partial charge on any atom is -0.441 e. The van der Waals surface area contributed by atoms with E-state index in [1.165, 1.54) is 0 Å². The van der Waals surface area contributed by atoms with Crippen LogP contribution in [0.1, 0.15) is 11.5 Å². The zero-order valence-corrected chi connectivity index (χ0v) is 8.60. The summed E-state index contributed by atoms with van der Waals surface area (Å²) in [6.45, 7) is 2.09. The second-order valence-electron chi connectivity index (χ2n) is 3.41. The van der Waals surface area contributed by atoms with Crippen LogP contribution in [0.25, 0.3) is 11.3 Å². The van der Waals surface area contributed by atoms with Gasteiger partial charge in [-0.25, -0.2) is 4.98 Å². The van der Waals surface area contributed by atoms with Gasteiger partial charge in [-0.2, -0.15) is 0 Å². The Morgan fingerprint density at radius 3 is 2.87 bits per heavy atom. The van der Waals surface area contributed by atoms with Gasteiger partial charge in [-0.05, 0) is 12.5 Å². The Kier molecular flexibility index (Phi) is 2.83. The molecule has 0 amide bonds. The summed E-state index contributed by atoms with van der Waals surface area (Å²) in [7, 11) is 0. The molecule has 0 unspecified atom stereocenters. The molecule has 0 aliphatic carbocycles. The van der Waals surface area contributed by atoms with Crippen LogP contribution in [0.2, 0.25) is 0 Å². The second kappa shape index (κ2) is 4.28. The van der Waals surface area contributed by atoms with Crippen LogP contribution < -0.4 is 0 Å². The van der Waals surface area contributed by atoms with Crippen LogP contribution in [0, 0.1) is 6.92 Å².